The van der Waals surface area contributed by atoms with E-state index in [0.29, 0.717) is 22.3 Å². The van der Waals surface area contributed by atoms with Gasteiger partial charge in [0.2, 0.25) is 5.78 Å². The van der Waals surface area contributed by atoms with Gasteiger partial charge in [0.1, 0.15) is 11.3 Å². The van der Waals surface area contributed by atoms with Gasteiger partial charge in [-0.25, -0.2) is 4.79 Å². The number of ether oxygens (including phenoxy) is 1. The number of hydrogen-bond donors (Lipinski definition) is 1. The molecule has 0 atom stereocenters. The van der Waals surface area contributed by atoms with E-state index < -0.39 is 11.6 Å². The zero-order valence-electron chi connectivity index (χ0n) is 19.2. The highest BCUT2D eigenvalue weighted by Crippen LogP contribution is 2.30. The topological polar surface area (TPSA) is 76.7 Å². The van der Waals surface area contributed by atoms with Crippen LogP contribution in [0.4, 0.5) is 0 Å². The second-order valence-electron chi connectivity index (χ2n) is 8.58. The minimum Gasteiger partial charge on any atom is -0.478 e. The fourth-order valence-corrected chi connectivity index (χ4v) is 4.14. The second kappa shape index (κ2) is 9.25. The van der Waals surface area contributed by atoms with E-state index in [9.17, 15) is 14.7 Å². The maximum Gasteiger partial charge on any atom is 0.347 e. The summed E-state index contributed by atoms with van der Waals surface area (Å²) in [5, 5.41) is 10.7. The van der Waals surface area contributed by atoms with Gasteiger partial charge in [-0.15, -0.1) is 11.8 Å². The van der Waals surface area contributed by atoms with Crippen LogP contribution in [0.5, 0.6) is 5.75 Å². The van der Waals surface area contributed by atoms with Crippen LogP contribution in [0, 0.1) is 13.8 Å². The summed E-state index contributed by atoms with van der Waals surface area (Å²) in [5.74, 6) is -0.429. The van der Waals surface area contributed by atoms with E-state index >= 15 is 0 Å². The van der Waals surface area contributed by atoms with Crippen molar-refractivity contribution in [2.24, 2.45) is 0 Å². The average Bonchev–Trinajstić information content (AvgIpc) is 3.12. The lowest BCUT2D eigenvalue weighted by molar-refractivity contribution is -0.152. The smallest absolute Gasteiger partial charge is 0.347 e. The van der Waals surface area contributed by atoms with Crippen molar-refractivity contribution in [2.75, 3.05) is 0 Å². The standard InChI is InChI=1S/C26H28O5S/c1-15(2)32-20-9-8-19-13-23(30-22(19)14-20)21(27)10-7-18-11-16(3)24(17(4)12-18)31-26(5,6)25(28)29/h7-15H,1-6H3,(H,28,29)/b10-7+. The Balaban J connectivity index is 1.80. The number of carbonyl (C=O) groups is 2. The summed E-state index contributed by atoms with van der Waals surface area (Å²) in [6.45, 7) is 11.0. The third kappa shape index (κ3) is 5.43. The number of ketones is 1. The summed E-state index contributed by atoms with van der Waals surface area (Å²) < 4.78 is 11.5. The molecule has 0 aliphatic rings. The van der Waals surface area contributed by atoms with Gasteiger partial charge in [-0.05, 0) is 86.9 Å². The molecule has 0 saturated carbocycles. The van der Waals surface area contributed by atoms with Gasteiger partial charge in [-0.1, -0.05) is 19.9 Å². The Hall–Kier alpha value is -2.99. The summed E-state index contributed by atoms with van der Waals surface area (Å²) in [6.07, 6.45) is 3.21. The molecule has 5 nitrogen and oxygen atoms in total. The molecule has 168 valence electrons. The molecule has 3 rings (SSSR count). The average molecular weight is 453 g/mol. The molecule has 0 bridgehead atoms. The first-order chi connectivity index (χ1) is 15.0. The Morgan fingerprint density at radius 1 is 1.09 bits per heavy atom. The molecule has 6 heteroatoms. The number of aliphatic carboxylic acids is 1. The highest BCUT2D eigenvalue weighted by molar-refractivity contribution is 7.99. The quantitative estimate of drug-likeness (QED) is 0.233. The SMILES string of the molecule is Cc1cc(/C=C/C(=O)c2cc3ccc(SC(C)C)cc3o2)cc(C)c1OC(C)(C)C(=O)O. The molecule has 0 spiro atoms. The molecule has 1 N–H and O–H groups in total. The monoisotopic (exact) mass is 452 g/mol. The maximum absolute atomic E-state index is 12.7. The molecule has 0 fully saturated rings. The van der Waals surface area contributed by atoms with E-state index in [2.05, 4.69) is 13.8 Å². The fraction of sp³-hybridized carbons (Fsp3) is 0.308. The van der Waals surface area contributed by atoms with Crippen LogP contribution >= 0.6 is 11.8 Å². The van der Waals surface area contributed by atoms with Crippen molar-refractivity contribution in [3.63, 3.8) is 0 Å². The number of allylic oxidation sites excluding steroid dienone is 1. The van der Waals surface area contributed by atoms with Gasteiger partial charge in [-0.2, -0.15) is 0 Å². The van der Waals surface area contributed by atoms with Crippen LogP contribution in [0.15, 0.2) is 51.8 Å². The summed E-state index contributed by atoms with van der Waals surface area (Å²) in [5.41, 5.74) is 1.77. The molecule has 0 aliphatic heterocycles. The van der Waals surface area contributed by atoms with Crippen LogP contribution in [0.25, 0.3) is 17.0 Å². The Bertz CT molecular complexity index is 1180. The molecule has 0 radical (unpaired) electrons. The van der Waals surface area contributed by atoms with Crippen LogP contribution in [-0.4, -0.2) is 27.7 Å². The van der Waals surface area contributed by atoms with Crippen LogP contribution in [-0.2, 0) is 4.79 Å². The molecular formula is C26H28O5S. The summed E-state index contributed by atoms with van der Waals surface area (Å²) >= 11 is 1.75. The number of carbonyl (C=O) groups excluding carboxylic acids is 1. The number of carboxylic acids is 1. The van der Waals surface area contributed by atoms with E-state index in [4.69, 9.17) is 9.15 Å². The Morgan fingerprint density at radius 3 is 2.34 bits per heavy atom. The Morgan fingerprint density at radius 2 is 1.75 bits per heavy atom. The first-order valence-corrected chi connectivity index (χ1v) is 11.3. The van der Waals surface area contributed by atoms with E-state index in [1.165, 1.54) is 19.9 Å². The molecule has 32 heavy (non-hydrogen) atoms. The zero-order chi connectivity index (χ0) is 23.6. The van der Waals surface area contributed by atoms with E-state index in [-0.39, 0.29) is 5.78 Å². The van der Waals surface area contributed by atoms with Crippen molar-refractivity contribution in [1.82, 2.24) is 0 Å². The Kier molecular flexibility index (Phi) is 6.84. The number of furan rings is 1. The molecule has 0 unspecified atom stereocenters. The molecule has 1 heterocycles. The van der Waals surface area contributed by atoms with Gasteiger partial charge >= 0.3 is 5.97 Å². The largest absolute Gasteiger partial charge is 0.478 e. The normalized spacial score (nSPS) is 12.1. The molecule has 0 aliphatic carbocycles. The van der Waals surface area contributed by atoms with Gasteiger partial charge in [0.25, 0.3) is 0 Å². The highest BCUT2D eigenvalue weighted by Gasteiger charge is 2.30. The van der Waals surface area contributed by atoms with E-state index in [1.807, 2.05) is 44.2 Å². The number of carboxylic acid groups (broad SMARTS) is 1. The molecule has 3 aromatic rings. The molecule has 1 aromatic heterocycles. The zero-order valence-corrected chi connectivity index (χ0v) is 20.0. The van der Waals surface area contributed by atoms with Crippen LogP contribution < -0.4 is 4.74 Å². The third-order valence-corrected chi connectivity index (χ3v) is 5.89. The van der Waals surface area contributed by atoms with Gasteiger partial charge in [0.05, 0.1) is 0 Å². The number of hydrogen-bond acceptors (Lipinski definition) is 5. The molecule has 2 aromatic carbocycles. The number of thioether (sulfide) groups is 1. The van der Waals surface area contributed by atoms with Crippen LogP contribution in [0.1, 0.15) is 54.9 Å². The van der Waals surface area contributed by atoms with Crippen LogP contribution in [0.2, 0.25) is 0 Å². The lowest BCUT2D eigenvalue weighted by atomic mass is 10.0. The summed E-state index contributed by atoms with van der Waals surface area (Å²) in [6, 6.07) is 11.4. The van der Waals surface area contributed by atoms with Crippen LogP contribution in [0.3, 0.4) is 0 Å². The number of fused-ring (bicyclic) bond motifs is 1. The van der Waals surface area contributed by atoms with E-state index in [0.717, 1.165) is 27.0 Å². The van der Waals surface area contributed by atoms with Crippen molar-refractivity contribution >= 4 is 40.6 Å². The van der Waals surface area contributed by atoms with Gasteiger partial charge in [-0.3, -0.25) is 4.79 Å². The molecular weight excluding hydrogens is 424 g/mol. The molecule has 0 amide bonds. The highest BCUT2D eigenvalue weighted by atomic mass is 32.2. The maximum atomic E-state index is 12.7. The third-order valence-electron chi connectivity index (χ3n) is 4.89. The lowest BCUT2D eigenvalue weighted by Gasteiger charge is -2.24. The van der Waals surface area contributed by atoms with Crippen molar-refractivity contribution < 1.29 is 23.8 Å². The minimum atomic E-state index is -1.34. The van der Waals surface area contributed by atoms with Crippen molar-refractivity contribution in [2.45, 2.75) is 57.3 Å². The number of aryl methyl sites for hydroxylation is 2. The van der Waals surface area contributed by atoms with Crippen molar-refractivity contribution in [3.05, 3.63) is 64.9 Å². The van der Waals surface area contributed by atoms with Gasteiger partial charge < -0.3 is 14.3 Å². The number of benzene rings is 2. The second-order valence-corrected chi connectivity index (χ2v) is 10.2. The summed E-state index contributed by atoms with van der Waals surface area (Å²) in [4.78, 5) is 25.2. The predicted molar refractivity (Wildman–Crippen MR) is 129 cm³/mol. The van der Waals surface area contributed by atoms with Crippen molar-refractivity contribution in [1.29, 1.82) is 0 Å². The summed E-state index contributed by atoms with van der Waals surface area (Å²) in [7, 11) is 0. The van der Waals surface area contributed by atoms with Crippen molar-refractivity contribution in [3.8, 4) is 5.75 Å². The Labute approximate surface area is 192 Å². The molecule has 0 saturated heterocycles. The first kappa shape index (κ1) is 23.7. The fourth-order valence-electron chi connectivity index (χ4n) is 3.27. The number of rotatable bonds is 8. The lowest BCUT2D eigenvalue weighted by Crippen LogP contribution is -2.38. The predicted octanol–water partition coefficient (Wildman–Crippen LogP) is 6.69. The van der Waals surface area contributed by atoms with Gasteiger partial charge in [0.15, 0.2) is 11.4 Å². The first-order valence-electron chi connectivity index (χ1n) is 10.4. The van der Waals surface area contributed by atoms with E-state index in [1.54, 1.807) is 23.9 Å². The van der Waals surface area contributed by atoms with Gasteiger partial charge in [0, 0.05) is 15.5 Å². The minimum absolute atomic E-state index is 0.220.